The molecule has 21 heavy (non-hydrogen) atoms. The number of nitrogens with two attached hydrogens (primary N) is 2. The van der Waals surface area contributed by atoms with E-state index in [0.29, 0.717) is 12.2 Å². The Morgan fingerprint density at radius 3 is 2.29 bits per heavy atom. The minimum atomic E-state index is -0.510. The molecule has 0 aliphatic rings. The zero-order chi connectivity index (χ0) is 15.2. The Kier molecular flexibility index (Phi) is 8.08. The van der Waals surface area contributed by atoms with Crippen LogP contribution >= 0.6 is 24.0 Å². The van der Waals surface area contributed by atoms with Crippen LogP contribution in [0.5, 0.6) is 0 Å². The summed E-state index contributed by atoms with van der Waals surface area (Å²) in [5.41, 5.74) is 11.8. The maximum atomic E-state index is 11.6. The molecule has 0 aliphatic carbocycles. The Bertz CT molecular complexity index is 477. The molecular weight excluding hydrogens is 383 g/mol. The van der Waals surface area contributed by atoms with Crippen molar-refractivity contribution >= 4 is 41.7 Å². The molecule has 1 rings (SSSR count). The van der Waals surface area contributed by atoms with Gasteiger partial charge in [-0.1, -0.05) is 12.1 Å². The minimum Gasteiger partial charge on any atom is -0.444 e. The first-order valence-electron chi connectivity index (χ1n) is 6.40. The minimum absolute atomic E-state index is 0. The van der Waals surface area contributed by atoms with Crippen molar-refractivity contribution in [2.75, 3.05) is 11.9 Å². The van der Waals surface area contributed by atoms with Gasteiger partial charge in [-0.05, 0) is 44.9 Å². The Morgan fingerprint density at radius 2 is 1.81 bits per heavy atom. The highest BCUT2D eigenvalue weighted by molar-refractivity contribution is 14.0. The van der Waals surface area contributed by atoms with Crippen molar-refractivity contribution in [3.05, 3.63) is 29.8 Å². The number of halogens is 1. The topological polar surface area (TPSA) is 103 Å². The van der Waals surface area contributed by atoms with E-state index in [0.717, 1.165) is 12.0 Å². The monoisotopic (exact) mass is 406 g/mol. The fourth-order valence-corrected chi connectivity index (χ4v) is 1.49. The van der Waals surface area contributed by atoms with Gasteiger partial charge in [0.25, 0.3) is 0 Å². The highest BCUT2D eigenvalue weighted by atomic mass is 127. The fraction of sp³-hybridized carbons (Fsp3) is 0.429. The molecule has 0 spiro atoms. The lowest BCUT2D eigenvalue weighted by molar-refractivity contribution is 0.0636. The van der Waals surface area contributed by atoms with Gasteiger partial charge in [0.2, 0.25) is 0 Å². The number of ether oxygens (including phenoxy) is 1. The van der Waals surface area contributed by atoms with E-state index in [1.165, 1.54) is 0 Å². The maximum absolute atomic E-state index is 11.6. The third-order valence-corrected chi connectivity index (χ3v) is 2.29. The van der Waals surface area contributed by atoms with Crippen LogP contribution in [0.25, 0.3) is 0 Å². The summed E-state index contributed by atoms with van der Waals surface area (Å²) in [4.78, 5) is 15.5. The Hall–Kier alpha value is -1.51. The number of anilines is 1. The van der Waals surface area contributed by atoms with E-state index in [9.17, 15) is 4.79 Å². The second-order valence-corrected chi connectivity index (χ2v) is 5.38. The molecule has 1 aromatic rings. The molecule has 0 saturated carbocycles. The number of amides is 1. The molecular formula is C14H23IN4O2. The smallest absolute Gasteiger partial charge is 0.412 e. The maximum Gasteiger partial charge on any atom is 0.412 e. The number of guanidine groups is 1. The fourth-order valence-electron chi connectivity index (χ4n) is 1.49. The molecule has 0 heterocycles. The molecule has 0 radical (unpaired) electrons. The standard InChI is InChI=1S/C14H22N4O2.HI/c1-14(2,3)20-13(19)18-11-6-4-10(5-7-11)8-9-17-12(15)16;/h4-7H,8-9H2,1-3H3,(H,18,19)(H4,15,16,17);1H. The van der Waals surface area contributed by atoms with Crippen LogP contribution < -0.4 is 16.8 Å². The molecule has 1 aromatic carbocycles. The normalized spacial score (nSPS) is 10.2. The molecule has 118 valence electrons. The summed E-state index contributed by atoms with van der Waals surface area (Å²) < 4.78 is 5.17. The van der Waals surface area contributed by atoms with Crippen molar-refractivity contribution in [2.24, 2.45) is 16.5 Å². The highest BCUT2D eigenvalue weighted by Crippen LogP contribution is 2.13. The predicted octanol–water partition coefficient (Wildman–Crippen LogP) is 2.47. The number of rotatable bonds is 4. The van der Waals surface area contributed by atoms with Crippen molar-refractivity contribution in [3.8, 4) is 0 Å². The quantitative estimate of drug-likeness (QED) is 0.406. The van der Waals surface area contributed by atoms with E-state index < -0.39 is 11.7 Å². The Morgan fingerprint density at radius 1 is 1.24 bits per heavy atom. The highest BCUT2D eigenvalue weighted by Gasteiger charge is 2.15. The summed E-state index contributed by atoms with van der Waals surface area (Å²) in [6.45, 7) is 6.00. The third-order valence-electron chi connectivity index (χ3n) is 2.29. The SMILES string of the molecule is CC(C)(C)OC(=O)Nc1ccc(CCN=C(N)N)cc1.I. The van der Waals surface area contributed by atoms with E-state index in [-0.39, 0.29) is 29.9 Å². The van der Waals surface area contributed by atoms with Crippen LogP contribution in [-0.2, 0) is 11.2 Å². The van der Waals surface area contributed by atoms with Gasteiger partial charge in [-0.15, -0.1) is 24.0 Å². The summed E-state index contributed by atoms with van der Waals surface area (Å²) in [6.07, 6.45) is 0.274. The lowest BCUT2D eigenvalue weighted by atomic mass is 10.1. The van der Waals surface area contributed by atoms with Crippen molar-refractivity contribution in [3.63, 3.8) is 0 Å². The van der Waals surface area contributed by atoms with E-state index in [1.807, 2.05) is 45.0 Å². The molecule has 0 unspecified atom stereocenters. The van der Waals surface area contributed by atoms with E-state index in [4.69, 9.17) is 16.2 Å². The Labute approximate surface area is 142 Å². The number of nitrogens with zero attached hydrogens (tertiary/aromatic N) is 1. The van der Waals surface area contributed by atoms with Gasteiger partial charge in [0.05, 0.1) is 0 Å². The van der Waals surface area contributed by atoms with Gasteiger partial charge >= 0.3 is 6.09 Å². The van der Waals surface area contributed by atoms with Crippen molar-refractivity contribution in [1.82, 2.24) is 0 Å². The van der Waals surface area contributed by atoms with Crippen LogP contribution in [0.4, 0.5) is 10.5 Å². The molecule has 0 fully saturated rings. The van der Waals surface area contributed by atoms with Crippen LogP contribution in [0.2, 0.25) is 0 Å². The molecule has 7 heteroatoms. The number of benzene rings is 1. The van der Waals surface area contributed by atoms with Gasteiger partial charge < -0.3 is 16.2 Å². The van der Waals surface area contributed by atoms with Crippen molar-refractivity contribution in [1.29, 1.82) is 0 Å². The molecule has 0 aromatic heterocycles. The zero-order valence-corrected chi connectivity index (χ0v) is 14.9. The van der Waals surface area contributed by atoms with Crippen LogP contribution in [0.3, 0.4) is 0 Å². The summed E-state index contributed by atoms with van der Waals surface area (Å²) in [6, 6.07) is 7.45. The van der Waals surface area contributed by atoms with Crippen LogP contribution in [0.15, 0.2) is 29.3 Å². The van der Waals surface area contributed by atoms with Gasteiger partial charge in [0.1, 0.15) is 5.60 Å². The number of carbonyl (C=O) groups is 1. The number of carbonyl (C=O) groups excluding carboxylic acids is 1. The number of nitrogens with one attached hydrogen (secondary N) is 1. The second-order valence-electron chi connectivity index (χ2n) is 5.38. The van der Waals surface area contributed by atoms with Crippen LogP contribution in [0, 0.1) is 0 Å². The van der Waals surface area contributed by atoms with Crippen molar-refractivity contribution < 1.29 is 9.53 Å². The molecule has 0 atom stereocenters. The second kappa shape index (κ2) is 8.71. The summed E-state index contributed by atoms with van der Waals surface area (Å²) in [7, 11) is 0. The zero-order valence-electron chi connectivity index (χ0n) is 12.6. The van der Waals surface area contributed by atoms with Gasteiger partial charge in [-0.3, -0.25) is 10.3 Å². The van der Waals surface area contributed by atoms with Crippen LogP contribution in [0.1, 0.15) is 26.3 Å². The number of hydrogen-bond acceptors (Lipinski definition) is 3. The number of hydrogen-bond donors (Lipinski definition) is 3. The molecule has 1 amide bonds. The van der Waals surface area contributed by atoms with E-state index in [2.05, 4.69) is 10.3 Å². The first-order valence-corrected chi connectivity index (χ1v) is 6.40. The average molecular weight is 406 g/mol. The summed E-state index contributed by atoms with van der Waals surface area (Å²) in [5.74, 6) is 0.0909. The van der Waals surface area contributed by atoms with Gasteiger partial charge in [-0.25, -0.2) is 4.79 Å². The molecule has 0 saturated heterocycles. The lowest BCUT2D eigenvalue weighted by Crippen LogP contribution is -2.27. The summed E-state index contributed by atoms with van der Waals surface area (Å²) >= 11 is 0. The predicted molar refractivity (Wildman–Crippen MR) is 96.1 cm³/mol. The first kappa shape index (κ1) is 19.5. The lowest BCUT2D eigenvalue weighted by Gasteiger charge is -2.19. The molecule has 0 aliphatic heterocycles. The Balaban J connectivity index is 0.00000400. The molecule has 6 nitrogen and oxygen atoms in total. The number of aliphatic imine (C=N–C) groups is 1. The van der Waals surface area contributed by atoms with E-state index in [1.54, 1.807) is 0 Å². The van der Waals surface area contributed by atoms with Crippen molar-refractivity contribution in [2.45, 2.75) is 32.8 Å². The third kappa shape index (κ3) is 9.11. The largest absolute Gasteiger partial charge is 0.444 e. The summed E-state index contributed by atoms with van der Waals surface area (Å²) in [5, 5.41) is 2.67. The van der Waals surface area contributed by atoms with Crippen LogP contribution in [-0.4, -0.2) is 24.2 Å². The molecule has 0 bridgehead atoms. The molecule has 5 N–H and O–H groups in total. The van der Waals surface area contributed by atoms with Gasteiger partial charge in [0, 0.05) is 12.2 Å². The average Bonchev–Trinajstić information content (AvgIpc) is 2.28. The first-order chi connectivity index (χ1) is 9.26. The van der Waals surface area contributed by atoms with Gasteiger partial charge in [0.15, 0.2) is 5.96 Å². The van der Waals surface area contributed by atoms with E-state index >= 15 is 0 Å². The van der Waals surface area contributed by atoms with Gasteiger partial charge in [-0.2, -0.15) is 0 Å².